The zero-order chi connectivity index (χ0) is 13.8. The fourth-order valence-electron chi connectivity index (χ4n) is 2.16. The summed E-state index contributed by atoms with van der Waals surface area (Å²) in [5.41, 5.74) is 7.42. The number of halogens is 1. The summed E-state index contributed by atoms with van der Waals surface area (Å²) >= 11 is 6.09. The maximum atomic E-state index is 6.09. The van der Waals surface area contributed by atoms with Gasteiger partial charge in [-0.1, -0.05) is 35.9 Å². The van der Waals surface area contributed by atoms with E-state index in [0.717, 1.165) is 29.8 Å². The van der Waals surface area contributed by atoms with Gasteiger partial charge in [-0.05, 0) is 32.4 Å². The highest BCUT2D eigenvalue weighted by atomic mass is 35.5. The van der Waals surface area contributed by atoms with Crippen molar-refractivity contribution in [2.24, 2.45) is 5.10 Å². The lowest BCUT2D eigenvalue weighted by atomic mass is 9.95. The largest absolute Gasteiger partial charge is 0.590 e. The van der Waals surface area contributed by atoms with Gasteiger partial charge in [-0.25, -0.2) is 0 Å². The van der Waals surface area contributed by atoms with E-state index in [2.05, 4.69) is 34.8 Å². The molecule has 0 fully saturated rings. The molecule has 19 heavy (non-hydrogen) atoms. The van der Waals surface area contributed by atoms with Crippen LogP contribution in [0.4, 0.5) is 0 Å². The average Bonchev–Trinajstić information content (AvgIpc) is 2.45. The number of fused-ring (bicyclic) bond motifs is 1. The second-order valence-corrected chi connectivity index (χ2v) is 4.82. The van der Waals surface area contributed by atoms with E-state index < -0.39 is 0 Å². The molecule has 1 aromatic rings. The topological polar surface area (TPSA) is 29.5 Å². The molecule has 1 aromatic carbocycles. The lowest BCUT2D eigenvalue weighted by molar-refractivity contribution is -0.513. The van der Waals surface area contributed by atoms with Crippen molar-refractivity contribution in [1.82, 2.24) is 0 Å². The molecule has 0 saturated carbocycles. The van der Waals surface area contributed by atoms with E-state index in [1.807, 2.05) is 31.2 Å². The molecular formula is C15H18ClN3. The second kappa shape index (κ2) is 6.05. The Morgan fingerprint density at radius 3 is 2.74 bits per heavy atom. The number of hydrogen-bond acceptors (Lipinski definition) is 1. The van der Waals surface area contributed by atoms with Crippen LogP contribution in [0.25, 0.3) is 5.43 Å². The molecule has 100 valence electrons. The third-order valence-electron chi connectivity index (χ3n) is 3.25. The Balaban J connectivity index is 2.47. The molecule has 4 heteroatoms. The van der Waals surface area contributed by atoms with Crippen LogP contribution in [0.15, 0.2) is 34.9 Å². The van der Waals surface area contributed by atoms with Crippen LogP contribution in [0.3, 0.4) is 0 Å². The monoisotopic (exact) mass is 275 g/mol. The Bertz CT molecular complexity index is 563. The third kappa shape index (κ3) is 2.89. The first kappa shape index (κ1) is 13.9. The molecular weight excluding hydrogens is 258 g/mol. The fraction of sp³-hybridized carbons (Fsp3) is 0.400. The first-order valence-electron chi connectivity index (χ1n) is 6.55. The molecule has 1 unspecified atom stereocenters. The van der Waals surface area contributed by atoms with Gasteiger partial charge in [-0.2, -0.15) is 4.58 Å². The standard InChI is InChI=1S/C15H18ClN3/c1-4-19(5-2)10-11(3)14-12-8-6-7-9-13(12)15(16)18-17-14/h6-9,14H,4-5H2,1-3H3. The lowest BCUT2D eigenvalue weighted by Gasteiger charge is -2.34. The van der Waals surface area contributed by atoms with Gasteiger partial charge in [0.15, 0.2) is 5.87 Å². The van der Waals surface area contributed by atoms with E-state index in [9.17, 15) is 0 Å². The summed E-state index contributed by atoms with van der Waals surface area (Å²) in [4.78, 5) is 0. The average molecular weight is 276 g/mol. The van der Waals surface area contributed by atoms with Gasteiger partial charge in [-0.15, -0.1) is 0 Å². The van der Waals surface area contributed by atoms with Gasteiger partial charge in [0.05, 0.1) is 0 Å². The Kier molecular flexibility index (Phi) is 4.41. The Labute approximate surface area is 119 Å². The van der Waals surface area contributed by atoms with Crippen LogP contribution in [-0.4, -0.2) is 28.7 Å². The van der Waals surface area contributed by atoms with E-state index in [0.29, 0.717) is 5.17 Å². The predicted molar refractivity (Wildman–Crippen MR) is 80.5 cm³/mol. The minimum absolute atomic E-state index is 0.0840. The summed E-state index contributed by atoms with van der Waals surface area (Å²) in [7, 11) is 0. The highest BCUT2D eigenvalue weighted by Crippen LogP contribution is 2.35. The van der Waals surface area contributed by atoms with Crippen LogP contribution in [0.1, 0.15) is 37.9 Å². The number of hydrogen-bond donors (Lipinski definition) is 0. The molecule has 1 heterocycles. The van der Waals surface area contributed by atoms with E-state index >= 15 is 0 Å². The van der Waals surface area contributed by atoms with Crippen LogP contribution in [0, 0.1) is 0 Å². The van der Waals surface area contributed by atoms with Crippen LogP contribution in [0.5, 0.6) is 0 Å². The second-order valence-electron chi connectivity index (χ2n) is 4.46. The summed E-state index contributed by atoms with van der Waals surface area (Å²) in [5.74, 6) is 3.39. The quantitative estimate of drug-likeness (QED) is 0.595. The highest BCUT2D eigenvalue weighted by Gasteiger charge is 2.16. The molecule has 3 nitrogen and oxygen atoms in total. The van der Waals surface area contributed by atoms with Crippen molar-refractivity contribution in [3.05, 3.63) is 46.4 Å². The predicted octanol–water partition coefficient (Wildman–Crippen LogP) is 3.68. The molecule has 0 aliphatic carbocycles. The van der Waals surface area contributed by atoms with Gasteiger partial charge < -0.3 is 10.5 Å². The summed E-state index contributed by atoms with van der Waals surface area (Å²) in [6.07, 6.45) is 0. The molecule has 1 atom stereocenters. The van der Waals surface area contributed by atoms with Crippen molar-refractivity contribution >= 4 is 22.6 Å². The number of benzene rings is 1. The van der Waals surface area contributed by atoms with Crippen LogP contribution in [0.2, 0.25) is 0 Å². The maximum Gasteiger partial charge on any atom is 0.164 e. The van der Waals surface area contributed by atoms with Gasteiger partial charge in [0.25, 0.3) is 0 Å². The summed E-state index contributed by atoms with van der Waals surface area (Å²) in [5, 5.41) is 4.52. The summed E-state index contributed by atoms with van der Waals surface area (Å²) < 4.78 is 2.13. The van der Waals surface area contributed by atoms with Crippen LogP contribution >= 0.6 is 11.6 Å². The molecule has 0 radical (unpaired) electrons. The molecule has 0 amide bonds. The lowest BCUT2D eigenvalue weighted by Crippen LogP contribution is -2.14. The van der Waals surface area contributed by atoms with Gasteiger partial charge in [0, 0.05) is 11.1 Å². The van der Waals surface area contributed by atoms with E-state index in [-0.39, 0.29) is 6.04 Å². The molecule has 0 spiro atoms. The summed E-state index contributed by atoms with van der Waals surface area (Å²) in [6.45, 7) is 8.14. The van der Waals surface area contributed by atoms with E-state index in [4.69, 9.17) is 11.6 Å². The normalized spacial score (nSPS) is 16.8. The van der Waals surface area contributed by atoms with Crippen molar-refractivity contribution in [3.63, 3.8) is 0 Å². The Hall–Kier alpha value is -1.57. The molecule has 0 saturated heterocycles. The molecule has 0 aromatic heterocycles. The molecule has 2 rings (SSSR count). The highest BCUT2D eigenvalue weighted by molar-refractivity contribution is 6.70. The zero-order valence-corrected chi connectivity index (χ0v) is 12.3. The maximum absolute atomic E-state index is 6.09. The molecule has 0 bridgehead atoms. The zero-order valence-electron chi connectivity index (χ0n) is 11.5. The number of rotatable bonds is 3. The van der Waals surface area contributed by atoms with E-state index in [1.165, 1.54) is 0 Å². The minimum atomic E-state index is -0.0840. The first-order chi connectivity index (χ1) is 9.17. The molecule has 1 aliphatic rings. The smallest absolute Gasteiger partial charge is 0.164 e. The molecule has 0 N–H and O–H groups in total. The first-order valence-corrected chi connectivity index (χ1v) is 6.92. The fourth-order valence-corrected chi connectivity index (χ4v) is 2.38. The van der Waals surface area contributed by atoms with Crippen molar-refractivity contribution in [2.75, 3.05) is 13.1 Å². The minimum Gasteiger partial charge on any atom is -0.590 e. The Morgan fingerprint density at radius 1 is 1.37 bits per heavy atom. The van der Waals surface area contributed by atoms with Crippen molar-refractivity contribution in [2.45, 2.75) is 26.8 Å². The van der Waals surface area contributed by atoms with Gasteiger partial charge in [0.2, 0.25) is 0 Å². The molecule has 1 aliphatic heterocycles. The van der Waals surface area contributed by atoms with Crippen molar-refractivity contribution in [3.8, 4) is 0 Å². The van der Waals surface area contributed by atoms with Gasteiger partial charge in [-0.3, -0.25) is 0 Å². The SMILES string of the molecule is CC[N+](=C=C(C)C1[N-]N=C(Cl)c2ccccc21)CC. The van der Waals surface area contributed by atoms with Crippen LogP contribution < -0.4 is 0 Å². The number of nitrogens with zero attached hydrogens (tertiary/aromatic N) is 3. The Morgan fingerprint density at radius 2 is 2.05 bits per heavy atom. The van der Waals surface area contributed by atoms with Gasteiger partial charge in [0.1, 0.15) is 18.3 Å². The van der Waals surface area contributed by atoms with Crippen LogP contribution in [-0.2, 0) is 0 Å². The van der Waals surface area contributed by atoms with E-state index in [1.54, 1.807) is 0 Å². The van der Waals surface area contributed by atoms with Crippen molar-refractivity contribution < 1.29 is 4.58 Å². The van der Waals surface area contributed by atoms with Gasteiger partial charge >= 0.3 is 0 Å². The summed E-state index contributed by atoms with van der Waals surface area (Å²) in [6, 6.07) is 7.91. The third-order valence-corrected chi connectivity index (χ3v) is 3.53. The van der Waals surface area contributed by atoms with Crippen molar-refractivity contribution in [1.29, 1.82) is 0 Å².